The lowest BCUT2D eigenvalue weighted by Crippen LogP contribution is -2.38. The van der Waals surface area contributed by atoms with Crippen LogP contribution in [-0.4, -0.2) is 39.8 Å². The number of amides is 2. The Morgan fingerprint density at radius 3 is 2.67 bits per heavy atom. The number of aryl methyl sites for hydroxylation is 1. The molecule has 3 rings (SSSR count). The fourth-order valence-corrected chi connectivity index (χ4v) is 2.78. The second-order valence-corrected chi connectivity index (χ2v) is 5.92. The molecule has 1 atom stereocenters. The van der Waals surface area contributed by atoms with E-state index < -0.39 is 0 Å². The molecule has 6 heteroatoms. The summed E-state index contributed by atoms with van der Waals surface area (Å²) in [5, 5.41) is 2.98. The van der Waals surface area contributed by atoms with E-state index in [2.05, 4.69) is 15.3 Å². The van der Waals surface area contributed by atoms with Crippen LogP contribution in [0, 0.1) is 6.92 Å². The summed E-state index contributed by atoms with van der Waals surface area (Å²) < 4.78 is 0. The molecule has 2 heterocycles. The molecule has 1 aromatic heterocycles. The maximum Gasteiger partial charge on any atom is 0.272 e. The van der Waals surface area contributed by atoms with Crippen LogP contribution in [0.2, 0.25) is 0 Å². The number of nitrogens with one attached hydrogen (secondary N) is 1. The summed E-state index contributed by atoms with van der Waals surface area (Å²) in [6.07, 6.45) is 4.49. The Bertz CT molecular complexity index is 716. The molecule has 2 amide bonds. The molecule has 24 heavy (non-hydrogen) atoms. The first-order valence-corrected chi connectivity index (χ1v) is 8.06. The molecular weight excluding hydrogens is 304 g/mol. The van der Waals surface area contributed by atoms with E-state index in [1.54, 1.807) is 11.1 Å². The minimum Gasteiger partial charge on any atom is -0.342 e. The summed E-state index contributed by atoms with van der Waals surface area (Å²) in [6.45, 7) is 3.02. The van der Waals surface area contributed by atoms with Gasteiger partial charge in [-0.1, -0.05) is 30.3 Å². The Morgan fingerprint density at radius 2 is 2.04 bits per heavy atom. The monoisotopic (exact) mass is 324 g/mol. The fourth-order valence-electron chi connectivity index (χ4n) is 2.78. The lowest BCUT2D eigenvalue weighted by atomic mass is 10.1. The summed E-state index contributed by atoms with van der Waals surface area (Å²) in [5.74, 6) is -0.150. The predicted octanol–water partition coefficient (Wildman–Crippen LogP) is 1.88. The van der Waals surface area contributed by atoms with Gasteiger partial charge in [0.15, 0.2) is 0 Å². The van der Waals surface area contributed by atoms with Crippen LogP contribution >= 0.6 is 0 Å². The van der Waals surface area contributed by atoms with E-state index in [0.717, 1.165) is 24.2 Å². The second-order valence-electron chi connectivity index (χ2n) is 5.92. The van der Waals surface area contributed by atoms with Gasteiger partial charge in [-0.15, -0.1) is 0 Å². The van der Waals surface area contributed by atoms with Gasteiger partial charge in [0, 0.05) is 25.7 Å². The molecule has 1 aromatic carbocycles. The van der Waals surface area contributed by atoms with Crippen molar-refractivity contribution in [2.75, 3.05) is 13.1 Å². The molecular formula is C18H20N4O2. The van der Waals surface area contributed by atoms with Crippen LogP contribution < -0.4 is 5.32 Å². The molecule has 0 bridgehead atoms. The van der Waals surface area contributed by atoms with Gasteiger partial charge in [-0.25, -0.2) is 4.98 Å². The summed E-state index contributed by atoms with van der Waals surface area (Å²) in [6, 6.07) is 9.40. The highest BCUT2D eigenvalue weighted by atomic mass is 16.2. The van der Waals surface area contributed by atoms with Gasteiger partial charge in [0.2, 0.25) is 5.91 Å². The topological polar surface area (TPSA) is 75.2 Å². The maximum absolute atomic E-state index is 12.5. The van der Waals surface area contributed by atoms with Crippen LogP contribution in [0.4, 0.5) is 0 Å². The zero-order valence-corrected chi connectivity index (χ0v) is 13.6. The van der Waals surface area contributed by atoms with Crippen LogP contribution in [-0.2, 0) is 4.79 Å². The zero-order valence-electron chi connectivity index (χ0n) is 13.6. The Hall–Kier alpha value is -2.76. The number of carbonyl (C=O) groups excluding carboxylic acids is 2. The van der Waals surface area contributed by atoms with Gasteiger partial charge in [-0.2, -0.15) is 0 Å². The SMILES string of the molecule is Cc1cnc(C(=O)N[C@@H](CN2CCCC2=O)c2ccccc2)cn1. The lowest BCUT2D eigenvalue weighted by Gasteiger charge is -2.25. The largest absolute Gasteiger partial charge is 0.342 e. The number of nitrogens with zero attached hydrogens (tertiary/aromatic N) is 3. The van der Waals surface area contributed by atoms with Crippen LogP contribution in [0.3, 0.4) is 0 Å². The number of hydrogen-bond donors (Lipinski definition) is 1. The second kappa shape index (κ2) is 7.21. The van der Waals surface area contributed by atoms with E-state index >= 15 is 0 Å². The molecule has 6 nitrogen and oxygen atoms in total. The van der Waals surface area contributed by atoms with Crippen molar-refractivity contribution < 1.29 is 9.59 Å². The van der Waals surface area contributed by atoms with E-state index in [9.17, 15) is 9.59 Å². The van der Waals surface area contributed by atoms with Gasteiger partial charge in [0.25, 0.3) is 5.91 Å². The summed E-state index contributed by atoms with van der Waals surface area (Å²) in [7, 11) is 0. The molecule has 1 fully saturated rings. The van der Waals surface area contributed by atoms with Crippen molar-refractivity contribution in [1.82, 2.24) is 20.2 Å². The Labute approximate surface area is 140 Å². The third kappa shape index (κ3) is 3.76. The number of benzene rings is 1. The van der Waals surface area contributed by atoms with Gasteiger partial charge in [-0.3, -0.25) is 14.6 Å². The van der Waals surface area contributed by atoms with E-state index in [-0.39, 0.29) is 23.6 Å². The Balaban J connectivity index is 1.77. The average molecular weight is 324 g/mol. The molecule has 0 spiro atoms. The fraction of sp³-hybridized carbons (Fsp3) is 0.333. The van der Waals surface area contributed by atoms with Crippen LogP contribution in [0.25, 0.3) is 0 Å². The first-order chi connectivity index (χ1) is 11.6. The van der Waals surface area contributed by atoms with Crippen molar-refractivity contribution in [3.63, 3.8) is 0 Å². The number of likely N-dealkylation sites (tertiary alicyclic amines) is 1. The third-order valence-electron chi connectivity index (χ3n) is 4.10. The molecule has 0 unspecified atom stereocenters. The Kier molecular flexibility index (Phi) is 4.84. The van der Waals surface area contributed by atoms with Crippen LogP contribution in [0.1, 0.15) is 40.6 Å². The number of aromatic nitrogens is 2. The van der Waals surface area contributed by atoms with Crippen molar-refractivity contribution in [2.24, 2.45) is 0 Å². The molecule has 0 aliphatic carbocycles. The lowest BCUT2D eigenvalue weighted by molar-refractivity contribution is -0.128. The number of hydrogen-bond acceptors (Lipinski definition) is 4. The van der Waals surface area contributed by atoms with Crippen molar-refractivity contribution in [1.29, 1.82) is 0 Å². The molecule has 1 aliphatic rings. The normalized spacial score (nSPS) is 15.4. The molecule has 0 radical (unpaired) electrons. The minimum absolute atomic E-state index is 0.139. The van der Waals surface area contributed by atoms with Crippen LogP contribution in [0.5, 0.6) is 0 Å². The van der Waals surface area contributed by atoms with Crippen molar-refractivity contribution in [3.8, 4) is 0 Å². The van der Waals surface area contributed by atoms with Gasteiger partial charge >= 0.3 is 0 Å². The zero-order chi connectivity index (χ0) is 16.9. The molecule has 124 valence electrons. The highest BCUT2D eigenvalue weighted by Crippen LogP contribution is 2.19. The first-order valence-electron chi connectivity index (χ1n) is 8.06. The van der Waals surface area contributed by atoms with E-state index in [1.165, 1.54) is 6.20 Å². The Morgan fingerprint density at radius 1 is 1.25 bits per heavy atom. The van der Waals surface area contributed by atoms with E-state index in [1.807, 2.05) is 37.3 Å². The molecule has 1 aliphatic heterocycles. The molecule has 0 saturated carbocycles. The van der Waals surface area contributed by atoms with Crippen LogP contribution in [0.15, 0.2) is 42.7 Å². The summed E-state index contributed by atoms with van der Waals surface area (Å²) in [4.78, 5) is 34.4. The maximum atomic E-state index is 12.5. The summed E-state index contributed by atoms with van der Waals surface area (Å²) >= 11 is 0. The third-order valence-corrected chi connectivity index (χ3v) is 4.10. The minimum atomic E-state index is -0.289. The van der Waals surface area contributed by atoms with Crippen molar-refractivity contribution in [3.05, 3.63) is 59.7 Å². The molecule has 2 aromatic rings. The molecule has 1 saturated heterocycles. The van der Waals surface area contributed by atoms with E-state index in [4.69, 9.17) is 0 Å². The van der Waals surface area contributed by atoms with E-state index in [0.29, 0.717) is 13.0 Å². The highest BCUT2D eigenvalue weighted by Gasteiger charge is 2.25. The van der Waals surface area contributed by atoms with Gasteiger partial charge < -0.3 is 10.2 Å². The van der Waals surface area contributed by atoms with Crippen molar-refractivity contribution >= 4 is 11.8 Å². The summed E-state index contributed by atoms with van der Waals surface area (Å²) in [5.41, 5.74) is 1.99. The standard InChI is InChI=1S/C18H20N4O2/c1-13-10-20-15(11-19-13)18(24)21-16(14-6-3-2-4-7-14)12-22-9-5-8-17(22)23/h2-4,6-7,10-11,16H,5,8-9,12H2,1H3,(H,21,24)/t16-/m0/s1. The van der Waals surface area contributed by atoms with Crippen molar-refractivity contribution in [2.45, 2.75) is 25.8 Å². The molecule has 1 N–H and O–H groups in total. The highest BCUT2D eigenvalue weighted by molar-refractivity contribution is 5.92. The number of rotatable bonds is 5. The smallest absolute Gasteiger partial charge is 0.272 e. The predicted molar refractivity (Wildman–Crippen MR) is 89.2 cm³/mol. The average Bonchev–Trinajstić information content (AvgIpc) is 3.00. The quantitative estimate of drug-likeness (QED) is 0.911. The van der Waals surface area contributed by atoms with Gasteiger partial charge in [0.1, 0.15) is 5.69 Å². The van der Waals surface area contributed by atoms with Gasteiger partial charge in [-0.05, 0) is 18.9 Å². The van der Waals surface area contributed by atoms with Gasteiger partial charge in [0.05, 0.1) is 17.9 Å². The number of carbonyl (C=O) groups is 2. The first kappa shape index (κ1) is 16.1.